The number of carboxylic acid groups (broad SMARTS) is 2. The van der Waals surface area contributed by atoms with Crippen LogP contribution < -0.4 is 5.32 Å². The van der Waals surface area contributed by atoms with Crippen molar-refractivity contribution >= 4 is 39.7 Å². The van der Waals surface area contributed by atoms with Crippen LogP contribution in [0.25, 0.3) is 33.2 Å². The molecule has 186 valence electrons. The summed E-state index contributed by atoms with van der Waals surface area (Å²) in [4.78, 5) is 34.7. The third kappa shape index (κ3) is 4.87. The quantitative estimate of drug-likeness (QED) is 0.241. The highest BCUT2D eigenvalue weighted by atomic mass is 16.4. The maximum absolute atomic E-state index is 12.6. The van der Waals surface area contributed by atoms with Crippen LogP contribution in [0.15, 0.2) is 66.7 Å². The zero-order valence-corrected chi connectivity index (χ0v) is 19.5. The zero-order valence-electron chi connectivity index (χ0n) is 19.5. The molecule has 0 saturated heterocycles. The van der Waals surface area contributed by atoms with Crippen LogP contribution in [0.2, 0.25) is 0 Å². The lowest BCUT2D eigenvalue weighted by molar-refractivity contribution is -0.140. The van der Waals surface area contributed by atoms with E-state index in [1.165, 1.54) is 0 Å². The second-order valence-corrected chi connectivity index (χ2v) is 8.56. The molecule has 11 nitrogen and oxygen atoms in total. The number of hydrogen-bond acceptors (Lipinski definition) is 6. The summed E-state index contributed by atoms with van der Waals surface area (Å²) in [5.41, 5.74) is 4.16. The van der Waals surface area contributed by atoms with Crippen LogP contribution in [0.4, 0.5) is 0 Å². The minimum atomic E-state index is -1.28. The molecule has 5 aromatic rings. The van der Waals surface area contributed by atoms with Gasteiger partial charge in [0.15, 0.2) is 0 Å². The van der Waals surface area contributed by atoms with Crippen molar-refractivity contribution in [3.05, 3.63) is 77.9 Å². The van der Waals surface area contributed by atoms with Gasteiger partial charge >= 0.3 is 11.9 Å². The fourth-order valence-corrected chi connectivity index (χ4v) is 4.36. The van der Waals surface area contributed by atoms with Crippen LogP contribution in [0.3, 0.4) is 0 Å². The van der Waals surface area contributed by atoms with Crippen molar-refractivity contribution in [3.63, 3.8) is 0 Å². The topological polar surface area (TPSA) is 163 Å². The number of tetrazole rings is 1. The molecule has 0 spiro atoms. The Hall–Kier alpha value is -5.06. The number of aliphatic carboxylic acids is 2. The van der Waals surface area contributed by atoms with Gasteiger partial charge in [-0.1, -0.05) is 30.3 Å². The number of H-pyrrole nitrogens is 1. The summed E-state index contributed by atoms with van der Waals surface area (Å²) in [6.45, 7) is 0.545. The van der Waals surface area contributed by atoms with Crippen LogP contribution in [-0.2, 0) is 16.1 Å². The molecule has 0 unspecified atom stereocenters. The number of carboxylic acids is 2. The second-order valence-electron chi connectivity index (χ2n) is 8.56. The molecule has 1 amide bonds. The molecule has 0 aliphatic rings. The first-order valence-corrected chi connectivity index (χ1v) is 11.5. The molecular formula is C26H22N6O5. The highest BCUT2D eigenvalue weighted by Gasteiger charge is 2.21. The maximum Gasteiger partial charge on any atom is 0.326 e. The highest BCUT2D eigenvalue weighted by molar-refractivity contribution is 6.09. The Kier molecular flexibility index (Phi) is 6.33. The van der Waals surface area contributed by atoms with E-state index in [0.717, 1.165) is 32.9 Å². The first-order chi connectivity index (χ1) is 17.9. The average molecular weight is 498 g/mol. The van der Waals surface area contributed by atoms with Crippen molar-refractivity contribution in [2.75, 3.05) is 0 Å². The van der Waals surface area contributed by atoms with Gasteiger partial charge in [0, 0.05) is 45.9 Å². The Bertz CT molecular complexity index is 1610. The van der Waals surface area contributed by atoms with Gasteiger partial charge in [0.25, 0.3) is 5.91 Å². The number of para-hydroxylation sites is 1. The minimum Gasteiger partial charge on any atom is -0.481 e. The number of nitrogens with one attached hydrogen (secondary N) is 2. The molecule has 0 radical (unpaired) electrons. The van der Waals surface area contributed by atoms with Crippen LogP contribution >= 0.6 is 0 Å². The molecule has 0 bridgehead atoms. The molecular weight excluding hydrogens is 476 g/mol. The average Bonchev–Trinajstić information content (AvgIpc) is 3.54. The molecule has 0 fully saturated rings. The summed E-state index contributed by atoms with van der Waals surface area (Å²) in [6.07, 6.45) is -0.553. The molecule has 11 heteroatoms. The molecule has 1 atom stereocenters. The van der Waals surface area contributed by atoms with E-state index in [9.17, 15) is 19.5 Å². The standard InChI is InChI=1S/C26H22N6O5/c33-23(34)12-10-20(26(36)37)27-25(35)16-7-5-15(6-8-16)14-32-21-4-2-1-3-18(21)19-13-17(9-11-22(19)32)24-28-30-31-29-24/h1-9,11,13,20H,10,12,14H2,(H,27,35)(H,33,34)(H,36,37)(H,28,29,30,31)/t20-/m1/s1. The predicted molar refractivity (Wildman–Crippen MR) is 134 cm³/mol. The van der Waals surface area contributed by atoms with E-state index in [1.807, 2.05) is 48.5 Å². The van der Waals surface area contributed by atoms with Crippen molar-refractivity contribution in [3.8, 4) is 11.4 Å². The first-order valence-electron chi connectivity index (χ1n) is 11.5. The van der Waals surface area contributed by atoms with Gasteiger partial charge in [0.05, 0.1) is 0 Å². The third-order valence-electron chi connectivity index (χ3n) is 6.18. The van der Waals surface area contributed by atoms with E-state index in [0.29, 0.717) is 12.4 Å². The monoisotopic (exact) mass is 498 g/mol. The number of aromatic amines is 1. The van der Waals surface area contributed by atoms with Gasteiger partial charge in [0.2, 0.25) is 5.82 Å². The summed E-state index contributed by atoms with van der Waals surface area (Å²) in [5.74, 6) is -2.46. The summed E-state index contributed by atoms with van der Waals surface area (Å²) in [5, 5.41) is 36.9. The summed E-state index contributed by atoms with van der Waals surface area (Å²) < 4.78 is 2.19. The molecule has 37 heavy (non-hydrogen) atoms. The summed E-state index contributed by atoms with van der Waals surface area (Å²) in [7, 11) is 0. The predicted octanol–water partition coefficient (Wildman–Crippen LogP) is 3.07. The van der Waals surface area contributed by atoms with Crippen molar-refractivity contribution in [2.24, 2.45) is 0 Å². The fraction of sp³-hybridized carbons (Fsp3) is 0.154. The number of carbonyl (C=O) groups excluding carboxylic acids is 1. The molecule has 5 rings (SSSR count). The minimum absolute atomic E-state index is 0.198. The lowest BCUT2D eigenvalue weighted by atomic mass is 10.1. The Morgan fingerprint density at radius 3 is 2.41 bits per heavy atom. The van der Waals surface area contributed by atoms with E-state index in [-0.39, 0.29) is 18.4 Å². The van der Waals surface area contributed by atoms with E-state index in [2.05, 4.69) is 36.6 Å². The number of fused-ring (bicyclic) bond motifs is 3. The number of benzene rings is 3. The van der Waals surface area contributed by atoms with E-state index in [4.69, 9.17) is 5.11 Å². The molecule has 2 aromatic heterocycles. The third-order valence-corrected chi connectivity index (χ3v) is 6.18. The van der Waals surface area contributed by atoms with Crippen LogP contribution in [0.1, 0.15) is 28.8 Å². The molecule has 0 aliphatic heterocycles. The van der Waals surface area contributed by atoms with Crippen molar-refractivity contribution in [1.82, 2.24) is 30.5 Å². The summed E-state index contributed by atoms with van der Waals surface area (Å²) in [6, 6.07) is 19.7. The van der Waals surface area contributed by atoms with E-state index < -0.39 is 23.9 Å². The normalized spacial score (nSPS) is 12.0. The molecule has 2 heterocycles. The number of rotatable bonds is 9. The maximum atomic E-state index is 12.6. The lowest BCUT2D eigenvalue weighted by Gasteiger charge is -2.14. The van der Waals surface area contributed by atoms with Gasteiger partial charge in [-0.15, -0.1) is 10.2 Å². The number of hydrogen-bond donors (Lipinski definition) is 4. The molecule has 0 saturated carbocycles. The Morgan fingerprint density at radius 1 is 0.946 bits per heavy atom. The van der Waals surface area contributed by atoms with Crippen LogP contribution in [0.5, 0.6) is 0 Å². The van der Waals surface area contributed by atoms with Gasteiger partial charge in [-0.3, -0.25) is 9.59 Å². The molecule has 3 aromatic carbocycles. The molecule has 4 N–H and O–H groups in total. The van der Waals surface area contributed by atoms with Gasteiger partial charge < -0.3 is 20.1 Å². The van der Waals surface area contributed by atoms with Gasteiger partial charge in [-0.2, -0.15) is 5.21 Å². The largest absolute Gasteiger partial charge is 0.481 e. The van der Waals surface area contributed by atoms with Crippen LogP contribution in [0, 0.1) is 0 Å². The van der Waals surface area contributed by atoms with Gasteiger partial charge in [-0.05, 0) is 53.6 Å². The highest BCUT2D eigenvalue weighted by Crippen LogP contribution is 2.32. The van der Waals surface area contributed by atoms with E-state index in [1.54, 1.807) is 12.1 Å². The summed E-state index contributed by atoms with van der Waals surface area (Å²) >= 11 is 0. The lowest BCUT2D eigenvalue weighted by Crippen LogP contribution is -2.41. The Morgan fingerprint density at radius 2 is 1.70 bits per heavy atom. The number of aromatic nitrogens is 5. The Labute approximate surface area is 209 Å². The number of amides is 1. The zero-order chi connectivity index (χ0) is 25.9. The van der Waals surface area contributed by atoms with Crippen molar-refractivity contribution < 1.29 is 24.6 Å². The fourth-order valence-electron chi connectivity index (χ4n) is 4.36. The van der Waals surface area contributed by atoms with Crippen molar-refractivity contribution in [1.29, 1.82) is 0 Å². The van der Waals surface area contributed by atoms with Gasteiger partial charge in [0.1, 0.15) is 6.04 Å². The smallest absolute Gasteiger partial charge is 0.326 e. The van der Waals surface area contributed by atoms with Crippen molar-refractivity contribution in [2.45, 2.75) is 25.4 Å². The van der Waals surface area contributed by atoms with Gasteiger partial charge in [-0.25, -0.2) is 4.79 Å². The number of carbonyl (C=O) groups is 3. The van der Waals surface area contributed by atoms with Crippen LogP contribution in [-0.4, -0.2) is 59.3 Å². The first kappa shape index (κ1) is 23.7. The number of nitrogens with zero attached hydrogens (tertiary/aromatic N) is 4. The Balaban J connectivity index is 1.40. The molecule has 0 aliphatic carbocycles. The van der Waals surface area contributed by atoms with E-state index >= 15 is 0 Å². The second kappa shape index (κ2) is 9.90. The SMILES string of the molecule is O=C(O)CC[C@@H](NC(=O)c1ccc(Cn2c3ccccc3c3cc(-c4nn[nH]n4)ccc32)cc1)C(=O)O.